The van der Waals surface area contributed by atoms with Gasteiger partial charge in [0.05, 0.1) is 23.2 Å². The predicted octanol–water partition coefficient (Wildman–Crippen LogP) is 1.83. The number of carboxylic acid groups (broad SMARTS) is 1. The molecule has 1 heterocycles. The molecule has 0 radical (unpaired) electrons. The molecule has 0 spiro atoms. The Hall–Kier alpha value is -2.57. The first kappa shape index (κ1) is 17.3. The van der Waals surface area contributed by atoms with Gasteiger partial charge in [0, 0.05) is 18.7 Å². The first-order valence-electron chi connectivity index (χ1n) is 8.70. The second-order valence-corrected chi connectivity index (χ2v) is 6.76. The van der Waals surface area contributed by atoms with Gasteiger partial charge in [-0.25, -0.2) is 0 Å². The average molecular weight is 345 g/mol. The Morgan fingerprint density at radius 2 is 1.76 bits per heavy atom. The molecule has 134 valence electrons. The highest BCUT2D eigenvalue weighted by atomic mass is 16.4. The molecule has 2 unspecified atom stereocenters. The molecule has 0 bridgehead atoms. The number of amides is 2. The lowest BCUT2D eigenvalue weighted by atomic mass is 9.73. The second-order valence-electron chi connectivity index (χ2n) is 6.76. The molecule has 1 saturated carbocycles. The number of nitrogens with zero attached hydrogens (tertiary/aromatic N) is 1. The van der Waals surface area contributed by atoms with Crippen molar-refractivity contribution < 1.29 is 19.5 Å². The fourth-order valence-corrected chi connectivity index (χ4v) is 3.53. The summed E-state index contributed by atoms with van der Waals surface area (Å²) in [6.07, 6.45) is 4.42. The van der Waals surface area contributed by atoms with Crippen molar-refractivity contribution in [2.24, 2.45) is 17.6 Å². The molecule has 3 rings (SSSR count). The van der Waals surface area contributed by atoms with E-state index in [1.165, 1.54) is 6.42 Å². The van der Waals surface area contributed by atoms with E-state index >= 15 is 0 Å². The van der Waals surface area contributed by atoms with Crippen molar-refractivity contribution in [2.75, 3.05) is 23.3 Å². The molecule has 25 heavy (non-hydrogen) atoms. The summed E-state index contributed by atoms with van der Waals surface area (Å²) in [6, 6.07) is 5.04. The average Bonchev–Trinajstić information content (AvgIpc) is 2.53. The van der Waals surface area contributed by atoms with Gasteiger partial charge < -0.3 is 21.1 Å². The zero-order chi connectivity index (χ0) is 18.0. The number of rotatable bonds is 5. The van der Waals surface area contributed by atoms with Crippen LogP contribution in [0.15, 0.2) is 18.2 Å². The zero-order valence-electron chi connectivity index (χ0n) is 14.0. The van der Waals surface area contributed by atoms with Crippen molar-refractivity contribution in [3.05, 3.63) is 23.8 Å². The molecule has 7 heteroatoms. The zero-order valence-corrected chi connectivity index (χ0v) is 14.0. The highest BCUT2D eigenvalue weighted by Crippen LogP contribution is 2.37. The fourth-order valence-electron chi connectivity index (χ4n) is 3.53. The number of carboxylic acids is 1. The quantitative estimate of drug-likeness (QED) is 0.753. The number of hydrogen-bond acceptors (Lipinski definition) is 4. The Labute approximate surface area is 146 Å². The highest BCUT2D eigenvalue weighted by Gasteiger charge is 2.41. The maximum absolute atomic E-state index is 12.5. The van der Waals surface area contributed by atoms with Gasteiger partial charge in [-0.2, -0.15) is 0 Å². The van der Waals surface area contributed by atoms with E-state index < -0.39 is 23.7 Å². The van der Waals surface area contributed by atoms with Gasteiger partial charge in [0.2, 0.25) is 11.8 Å². The standard InChI is InChI=1S/C18H23N3O4/c19-16(22)11-4-7-15(21-8-2-1-3-9-21)14(10-11)20-17(23)12-5-6-13(12)18(24)25/h4,7,10,12-13H,1-3,5-6,8-9H2,(H2,19,22)(H,20,23)(H,24,25). The van der Waals surface area contributed by atoms with E-state index in [1.807, 2.05) is 0 Å². The largest absolute Gasteiger partial charge is 0.481 e. The molecule has 2 fully saturated rings. The lowest BCUT2D eigenvalue weighted by Gasteiger charge is -2.34. The maximum atomic E-state index is 12.5. The third-order valence-electron chi connectivity index (χ3n) is 5.16. The summed E-state index contributed by atoms with van der Waals surface area (Å²) in [6.45, 7) is 1.78. The van der Waals surface area contributed by atoms with Crippen LogP contribution in [-0.2, 0) is 9.59 Å². The van der Waals surface area contributed by atoms with Gasteiger partial charge in [0.15, 0.2) is 0 Å². The van der Waals surface area contributed by atoms with E-state index in [-0.39, 0.29) is 5.91 Å². The summed E-state index contributed by atoms with van der Waals surface area (Å²) >= 11 is 0. The number of carbonyl (C=O) groups excluding carboxylic acids is 2. The molecule has 1 aliphatic carbocycles. The molecule has 1 aromatic rings. The van der Waals surface area contributed by atoms with E-state index in [0.717, 1.165) is 31.6 Å². The SMILES string of the molecule is NC(=O)c1ccc(N2CCCCC2)c(NC(=O)C2CCC2C(=O)O)c1. The van der Waals surface area contributed by atoms with Gasteiger partial charge in [-0.15, -0.1) is 0 Å². The normalized spacial score (nSPS) is 22.8. The minimum atomic E-state index is -0.937. The van der Waals surface area contributed by atoms with Gasteiger partial charge in [0.25, 0.3) is 0 Å². The summed E-state index contributed by atoms with van der Waals surface area (Å²) < 4.78 is 0. The first-order chi connectivity index (χ1) is 12.0. The number of piperidine rings is 1. The Bertz CT molecular complexity index is 698. The molecule has 4 N–H and O–H groups in total. The molecular formula is C18H23N3O4. The molecule has 2 amide bonds. The van der Waals surface area contributed by atoms with Crippen molar-refractivity contribution in [2.45, 2.75) is 32.1 Å². The summed E-state index contributed by atoms with van der Waals surface area (Å²) in [7, 11) is 0. The number of hydrogen-bond donors (Lipinski definition) is 3. The molecule has 1 saturated heterocycles. The van der Waals surface area contributed by atoms with E-state index in [2.05, 4.69) is 10.2 Å². The third kappa shape index (κ3) is 3.60. The van der Waals surface area contributed by atoms with Crippen molar-refractivity contribution in [1.82, 2.24) is 0 Å². The van der Waals surface area contributed by atoms with Gasteiger partial charge in [-0.3, -0.25) is 14.4 Å². The van der Waals surface area contributed by atoms with Crippen molar-refractivity contribution in [3.8, 4) is 0 Å². The van der Waals surface area contributed by atoms with Crippen molar-refractivity contribution >= 4 is 29.2 Å². The molecule has 7 nitrogen and oxygen atoms in total. The van der Waals surface area contributed by atoms with Gasteiger partial charge in [0.1, 0.15) is 0 Å². The topological polar surface area (TPSA) is 113 Å². The molecule has 2 atom stereocenters. The summed E-state index contributed by atoms with van der Waals surface area (Å²) in [5, 5.41) is 12.0. The minimum Gasteiger partial charge on any atom is -0.481 e. The Balaban J connectivity index is 1.84. The van der Waals surface area contributed by atoms with Crippen molar-refractivity contribution in [3.63, 3.8) is 0 Å². The third-order valence-corrected chi connectivity index (χ3v) is 5.16. The van der Waals surface area contributed by atoms with Crippen LogP contribution in [0.2, 0.25) is 0 Å². The van der Waals surface area contributed by atoms with E-state index in [0.29, 0.717) is 24.1 Å². The summed E-state index contributed by atoms with van der Waals surface area (Å²) in [5.41, 5.74) is 7.06. The maximum Gasteiger partial charge on any atom is 0.307 e. The van der Waals surface area contributed by atoms with Gasteiger partial charge >= 0.3 is 5.97 Å². The van der Waals surface area contributed by atoms with Crippen LogP contribution in [0, 0.1) is 11.8 Å². The van der Waals surface area contributed by atoms with Crippen LogP contribution >= 0.6 is 0 Å². The van der Waals surface area contributed by atoms with Crippen LogP contribution in [0.5, 0.6) is 0 Å². The molecule has 1 aromatic carbocycles. The van der Waals surface area contributed by atoms with Crippen LogP contribution in [0.1, 0.15) is 42.5 Å². The Kier molecular flexibility index (Phi) is 4.92. The Morgan fingerprint density at radius 1 is 1.08 bits per heavy atom. The minimum absolute atomic E-state index is 0.307. The smallest absolute Gasteiger partial charge is 0.307 e. The number of nitrogens with two attached hydrogens (primary N) is 1. The lowest BCUT2D eigenvalue weighted by molar-refractivity contribution is -0.151. The molecular weight excluding hydrogens is 322 g/mol. The number of carbonyl (C=O) groups is 3. The highest BCUT2D eigenvalue weighted by molar-refractivity contribution is 6.01. The fraction of sp³-hybridized carbons (Fsp3) is 0.500. The summed E-state index contributed by atoms with van der Waals surface area (Å²) in [5.74, 6) is -2.96. The van der Waals surface area contributed by atoms with Gasteiger partial charge in [-0.05, 0) is 50.3 Å². The van der Waals surface area contributed by atoms with Crippen LogP contribution in [0.25, 0.3) is 0 Å². The second kappa shape index (κ2) is 7.13. The van der Waals surface area contributed by atoms with Gasteiger partial charge in [-0.1, -0.05) is 0 Å². The number of aliphatic carboxylic acids is 1. The molecule has 0 aromatic heterocycles. The summed E-state index contributed by atoms with van der Waals surface area (Å²) in [4.78, 5) is 37.3. The lowest BCUT2D eigenvalue weighted by Crippen LogP contribution is -2.41. The van der Waals surface area contributed by atoms with E-state index in [1.54, 1.807) is 18.2 Å². The van der Waals surface area contributed by atoms with Crippen LogP contribution in [0.3, 0.4) is 0 Å². The monoisotopic (exact) mass is 345 g/mol. The van der Waals surface area contributed by atoms with E-state index in [4.69, 9.17) is 10.8 Å². The van der Waals surface area contributed by atoms with Crippen molar-refractivity contribution in [1.29, 1.82) is 0 Å². The van der Waals surface area contributed by atoms with Crippen LogP contribution < -0.4 is 16.0 Å². The van der Waals surface area contributed by atoms with Crippen LogP contribution in [-0.4, -0.2) is 36.0 Å². The number of benzene rings is 1. The Morgan fingerprint density at radius 3 is 2.32 bits per heavy atom. The number of primary amides is 1. The molecule has 1 aliphatic heterocycles. The predicted molar refractivity (Wildman–Crippen MR) is 93.5 cm³/mol. The first-order valence-corrected chi connectivity index (χ1v) is 8.70. The number of anilines is 2. The van der Waals surface area contributed by atoms with E-state index in [9.17, 15) is 14.4 Å². The number of nitrogens with one attached hydrogen (secondary N) is 1. The van der Waals surface area contributed by atoms with Crippen LogP contribution in [0.4, 0.5) is 11.4 Å². The molecule has 2 aliphatic rings.